The number of carbonyl (C=O) groups is 1. The zero-order valence-electron chi connectivity index (χ0n) is 9.82. The smallest absolute Gasteiger partial charge is 0.244 e. The van der Waals surface area contributed by atoms with Crippen LogP contribution >= 0.6 is 0 Å². The Balaban J connectivity index is 2.96. The lowest BCUT2D eigenvalue weighted by atomic mass is 10.1. The molecular weight excluding hydrogens is 226 g/mol. The molecule has 16 heavy (non-hydrogen) atoms. The molecule has 1 N–H and O–H groups in total. The van der Waals surface area contributed by atoms with Gasteiger partial charge >= 0.3 is 0 Å². The fraction of sp³-hybridized carbons (Fsp3) is 0.727. The molecule has 0 aliphatic heterocycles. The van der Waals surface area contributed by atoms with Crippen molar-refractivity contribution in [2.75, 3.05) is 0 Å². The molecule has 5 heteroatoms. The minimum Gasteiger partial charge on any atom is -0.278 e. The lowest BCUT2D eigenvalue weighted by molar-refractivity contribution is -0.108. The summed E-state index contributed by atoms with van der Waals surface area (Å²) < 4.78 is 25.0. The van der Waals surface area contributed by atoms with E-state index in [0.717, 1.165) is 24.8 Å². The van der Waals surface area contributed by atoms with Crippen LogP contribution in [-0.2, 0) is 14.8 Å². The Morgan fingerprint density at radius 3 is 2.38 bits per heavy atom. The second-order valence-electron chi connectivity index (χ2n) is 4.11. The minimum absolute atomic E-state index is 0.252. The molecule has 1 aliphatic carbocycles. The first-order valence-corrected chi connectivity index (χ1v) is 7.17. The molecule has 1 aliphatic rings. The van der Waals surface area contributed by atoms with E-state index in [9.17, 15) is 13.2 Å². The molecule has 0 spiro atoms. The molecule has 1 rings (SSSR count). The van der Waals surface area contributed by atoms with Crippen LogP contribution in [0.3, 0.4) is 0 Å². The molecule has 0 bridgehead atoms. The van der Waals surface area contributed by atoms with Crippen molar-refractivity contribution in [3.05, 3.63) is 11.6 Å². The summed E-state index contributed by atoms with van der Waals surface area (Å²) in [5, 5.41) is 0. The van der Waals surface area contributed by atoms with Crippen LogP contribution in [-0.4, -0.2) is 19.6 Å². The summed E-state index contributed by atoms with van der Waals surface area (Å²) in [7, 11) is -3.53. The van der Waals surface area contributed by atoms with Gasteiger partial charge in [0, 0.05) is 0 Å². The van der Waals surface area contributed by atoms with E-state index in [1.165, 1.54) is 0 Å². The summed E-state index contributed by atoms with van der Waals surface area (Å²) in [4.78, 5) is 10.3. The monoisotopic (exact) mass is 245 g/mol. The molecular formula is C11H19NO3S. The third-order valence-electron chi connectivity index (χ3n) is 3.07. The molecule has 0 aromatic carbocycles. The van der Waals surface area contributed by atoms with Gasteiger partial charge in [-0.05, 0) is 25.7 Å². The van der Waals surface area contributed by atoms with Crippen LogP contribution in [0.1, 0.15) is 46.0 Å². The minimum atomic E-state index is -3.53. The van der Waals surface area contributed by atoms with Crippen molar-refractivity contribution in [2.45, 2.75) is 50.7 Å². The van der Waals surface area contributed by atoms with E-state index in [0.29, 0.717) is 12.8 Å². The molecule has 0 unspecified atom stereocenters. The Hall–Kier alpha value is -0.840. The average Bonchev–Trinajstić information content (AvgIpc) is 3.00. The lowest BCUT2D eigenvalue weighted by Gasteiger charge is -2.18. The van der Waals surface area contributed by atoms with Gasteiger partial charge in [0.1, 0.15) is 4.75 Å². The maximum absolute atomic E-state index is 11.9. The first-order valence-electron chi connectivity index (χ1n) is 5.69. The van der Waals surface area contributed by atoms with Crippen molar-refractivity contribution in [1.82, 2.24) is 4.72 Å². The molecule has 0 atom stereocenters. The van der Waals surface area contributed by atoms with Crippen LogP contribution in [0.25, 0.3) is 0 Å². The highest BCUT2D eigenvalue weighted by atomic mass is 32.2. The fourth-order valence-electron chi connectivity index (χ4n) is 2.02. The number of nitrogens with one attached hydrogen (secondary N) is 1. The predicted molar refractivity (Wildman–Crippen MR) is 63.4 cm³/mol. The second kappa shape index (κ2) is 4.99. The van der Waals surface area contributed by atoms with Crippen LogP contribution < -0.4 is 4.72 Å². The molecule has 1 amide bonds. The van der Waals surface area contributed by atoms with Crippen molar-refractivity contribution in [2.24, 2.45) is 0 Å². The van der Waals surface area contributed by atoms with E-state index in [4.69, 9.17) is 0 Å². The van der Waals surface area contributed by atoms with Gasteiger partial charge < -0.3 is 0 Å². The number of hydrogen-bond acceptors (Lipinski definition) is 3. The van der Waals surface area contributed by atoms with Crippen molar-refractivity contribution in [3.63, 3.8) is 0 Å². The zero-order valence-corrected chi connectivity index (χ0v) is 10.6. The first-order chi connectivity index (χ1) is 7.54. The molecule has 1 saturated carbocycles. The number of unbranched alkanes of at least 4 members (excludes halogenated alkanes) is 1. The third kappa shape index (κ3) is 2.29. The van der Waals surface area contributed by atoms with Crippen molar-refractivity contribution in [3.8, 4) is 0 Å². The van der Waals surface area contributed by atoms with E-state index in [2.05, 4.69) is 6.92 Å². The Labute approximate surface area is 97.2 Å². The lowest BCUT2D eigenvalue weighted by Crippen LogP contribution is -2.36. The number of sulfonamides is 1. The van der Waals surface area contributed by atoms with Crippen LogP contribution in [0, 0.1) is 0 Å². The van der Waals surface area contributed by atoms with E-state index < -0.39 is 14.8 Å². The van der Waals surface area contributed by atoms with Crippen LogP contribution in [0.15, 0.2) is 11.6 Å². The third-order valence-corrected chi connectivity index (χ3v) is 5.17. The molecule has 0 radical (unpaired) electrons. The summed E-state index contributed by atoms with van der Waals surface area (Å²) in [5.41, 5.74) is 0.948. The van der Waals surface area contributed by atoms with E-state index in [1.54, 1.807) is 0 Å². The molecule has 0 saturated heterocycles. The predicted octanol–water partition coefficient (Wildman–Crippen LogP) is 1.73. The van der Waals surface area contributed by atoms with Gasteiger partial charge in [-0.2, -0.15) is 0 Å². The quantitative estimate of drug-likeness (QED) is 0.549. The maximum Gasteiger partial charge on any atom is 0.244 e. The van der Waals surface area contributed by atoms with Gasteiger partial charge in [0.15, 0.2) is 0 Å². The summed E-state index contributed by atoms with van der Waals surface area (Å²) in [6, 6.07) is 0. The molecule has 0 aromatic rings. The van der Waals surface area contributed by atoms with Gasteiger partial charge in [-0.25, -0.2) is 8.42 Å². The van der Waals surface area contributed by atoms with Crippen molar-refractivity contribution in [1.29, 1.82) is 0 Å². The molecule has 4 nitrogen and oxygen atoms in total. The SMILES string of the molecule is CCC/C=C(\CC)C1(S(=O)(=O)NC=O)CC1. The van der Waals surface area contributed by atoms with Crippen molar-refractivity contribution >= 4 is 16.4 Å². The standard InChI is InChI=1S/C11H19NO3S/c1-3-5-6-10(4-2)11(7-8-11)16(14,15)12-9-13/h6,9H,3-5,7-8H2,1-2H3,(H,12,13)/b10-6+. The van der Waals surface area contributed by atoms with Gasteiger partial charge in [-0.3, -0.25) is 9.52 Å². The molecule has 1 fully saturated rings. The normalized spacial score (nSPS) is 19.2. The largest absolute Gasteiger partial charge is 0.278 e. The Morgan fingerprint density at radius 2 is 2.00 bits per heavy atom. The summed E-state index contributed by atoms with van der Waals surface area (Å²) in [6.07, 6.45) is 6.13. The summed E-state index contributed by atoms with van der Waals surface area (Å²) >= 11 is 0. The van der Waals surface area contributed by atoms with E-state index >= 15 is 0 Å². The van der Waals surface area contributed by atoms with E-state index in [-0.39, 0.29) is 6.41 Å². The molecule has 92 valence electrons. The Kier molecular flexibility index (Phi) is 4.13. The maximum atomic E-state index is 11.9. The van der Waals surface area contributed by atoms with Gasteiger partial charge in [-0.1, -0.05) is 31.9 Å². The van der Waals surface area contributed by atoms with Crippen molar-refractivity contribution < 1.29 is 13.2 Å². The number of hydrogen-bond donors (Lipinski definition) is 1. The highest BCUT2D eigenvalue weighted by Crippen LogP contribution is 2.50. The van der Waals surface area contributed by atoms with Gasteiger partial charge in [0.25, 0.3) is 0 Å². The first kappa shape index (κ1) is 13.2. The topological polar surface area (TPSA) is 63.2 Å². The number of allylic oxidation sites excluding steroid dienone is 1. The zero-order chi connectivity index (χ0) is 12.2. The fourth-order valence-corrected chi connectivity index (χ4v) is 3.59. The number of amides is 1. The van der Waals surface area contributed by atoms with Crippen LogP contribution in [0.2, 0.25) is 0 Å². The summed E-state index contributed by atoms with van der Waals surface area (Å²) in [6.45, 7) is 4.01. The van der Waals surface area contributed by atoms with Crippen LogP contribution in [0.5, 0.6) is 0 Å². The van der Waals surface area contributed by atoms with E-state index in [1.807, 2.05) is 17.7 Å². The summed E-state index contributed by atoms with van der Waals surface area (Å²) in [5.74, 6) is 0. The van der Waals surface area contributed by atoms with Gasteiger partial charge in [-0.15, -0.1) is 0 Å². The Bertz CT molecular complexity index is 380. The average molecular weight is 245 g/mol. The van der Waals surface area contributed by atoms with Gasteiger partial charge in [0.05, 0.1) is 0 Å². The number of rotatable bonds is 7. The number of carbonyl (C=O) groups excluding carboxylic acids is 1. The second-order valence-corrected chi connectivity index (χ2v) is 6.13. The molecule has 0 heterocycles. The highest BCUT2D eigenvalue weighted by Gasteiger charge is 2.56. The van der Waals surface area contributed by atoms with Gasteiger partial charge in [0.2, 0.25) is 16.4 Å². The highest BCUT2D eigenvalue weighted by molar-refractivity contribution is 7.91. The van der Waals surface area contributed by atoms with Crippen LogP contribution in [0.4, 0.5) is 0 Å². The Morgan fingerprint density at radius 1 is 1.38 bits per heavy atom. The molecule has 0 aromatic heterocycles.